The number of aliphatic hydroxyl groups excluding tert-OH is 1. The molecule has 0 radical (unpaired) electrons. The highest BCUT2D eigenvalue weighted by Crippen LogP contribution is 2.05. The number of hydrogen-bond acceptors (Lipinski definition) is 3. The van der Waals surface area contributed by atoms with Crippen molar-refractivity contribution in [2.24, 2.45) is 5.73 Å². The lowest BCUT2D eigenvalue weighted by molar-refractivity contribution is -0.129. The first-order chi connectivity index (χ1) is 5.09. The van der Waals surface area contributed by atoms with E-state index in [2.05, 4.69) is 0 Å². The zero-order valence-electron chi connectivity index (χ0n) is 5.78. The number of amides is 2. The lowest BCUT2D eigenvalue weighted by Crippen LogP contribution is -2.35. The lowest BCUT2D eigenvalue weighted by Gasteiger charge is -2.11. The Labute approximate surface area is 63.1 Å². The van der Waals surface area contributed by atoms with Crippen LogP contribution in [-0.4, -0.2) is 34.9 Å². The van der Waals surface area contributed by atoms with Crippen molar-refractivity contribution in [3.63, 3.8) is 0 Å². The van der Waals surface area contributed by atoms with E-state index in [1.54, 1.807) is 0 Å². The van der Waals surface area contributed by atoms with Gasteiger partial charge >= 0.3 is 0 Å². The van der Waals surface area contributed by atoms with Gasteiger partial charge in [0.1, 0.15) is 12.3 Å². The summed E-state index contributed by atoms with van der Waals surface area (Å²) in [4.78, 5) is 22.3. The molecular weight excluding hydrogens is 148 g/mol. The molecule has 0 aromatic rings. The smallest absolute Gasteiger partial charge is 0.250 e. The van der Waals surface area contributed by atoms with Gasteiger partial charge in [-0.1, -0.05) is 0 Å². The third-order valence-corrected chi connectivity index (χ3v) is 1.30. The van der Waals surface area contributed by atoms with Crippen LogP contribution in [0.1, 0.15) is 0 Å². The molecule has 0 aromatic heterocycles. The Bertz CT molecular complexity index is 234. The fourth-order valence-electron chi connectivity index (χ4n) is 0.875. The summed E-state index contributed by atoms with van der Waals surface area (Å²) in [6, 6.07) is 0. The van der Waals surface area contributed by atoms with E-state index in [9.17, 15) is 9.59 Å². The van der Waals surface area contributed by atoms with E-state index in [0.29, 0.717) is 0 Å². The third kappa shape index (κ3) is 1.70. The number of primary amides is 1. The topological polar surface area (TPSA) is 83.6 Å². The van der Waals surface area contributed by atoms with Gasteiger partial charge in [-0.05, 0) is 0 Å². The van der Waals surface area contributed by atoms with Crippen LogP contribution in [0.2, 0.25) is 0 Å². The highest BCUT2D eigenvalue weighted by atomic mass is 16.3. The summed E-state index contributed by atoms with van der Waals surface area (Å²) in [6.45, 7) is -0.0544. The molecular formula is C6H8N2O3. The Morgan fingerprint density at radius 1 is 1.82 bits per heavy atom. The first kappa shape index (κ1) is 7.59. The van der Waals surface area contributed by atoms with Crippen LogP contribution < -0.4 is 5.73 Å². The zero-order valence-corrected chi connectivity index (χ0v) is 5.78. The highest BCUT2D eigenvalue weighted by Gasteiger charge is 2.21. The molecule has 5 nitrogen and oxygen atoms in total. The molecule has 0 saturated heterocycles. The molecule has 0 atom stereocenters. The van der Waals surface area contributed by atoms with E-state index in [-0.39, 0.29) is 24.8 Å². The van der Waals surface area contributed by atoms with Gasteiger partial charge in [0.05, 0.1) is 6.54 Å². The maximum absolute atomic E-state index is 10.8. The molecule has 0 aromatic carbocycles. The maximum Gasteiger partial charge on any atom is 0.250 e. The molecule has 0 aliphatic carbocycles. The summed E-state index contributed by atoms with van der Waals surface area (Å²) in [7, 11) is 0. The molecule has 0 spiro atoms. The second kappa shape index (κ2) is 2.61. The number of carbonyl (C=O) groups is 2. The van der Waals surface area contributed by atoms with Crippen molar-refractivity contribution < 1.29 is 14.7 Å². The molecule has 0 fully saturated rings. The van der Waals surface area contributed by atoms with Gasteiger partial charge in [0.15, 0.2) is 0 Å². The van der Waals surface area contributed by atoms with Crippen LogP contribution in [0.25, 0.3) is 0 Å². The van der Waals surface area contributed by atoms with Crippen molar-refractivity contribution in [3.05, 3.63) is 11.8 Å². The highest BCUT2D eigenvalue weighted by molar-refractivity contribution is 5.93. The Hall–Kier alpha value is -1.52. The van der Waals surface area contributed by atoms with Crippen LogP contribution >= 0.6 is 0 Å². The third-order valence-electron chi connectivity index (χ3n) is 1.30. The van der Waals surface area contributed by atoms with E-state index < -0.39 is 5.91 Å². The summed E-state index contributed by atoms with van der Waals surface area (Å²) in [5, 5.41) is 8.83. The first-order valence-electron chi connectivity index (χ1n) is 3.06. The molecule has 5 heteroatoms. The molecule has 1 aliphatic heterocycles. The number of rotatable bonds is 2. The van der Waals surface area contributed by atoms with Crippen LogP contribution in [-0.2, 0) is 9.59 Å². The van der Waals surface area contributed by atoms with Crippen molar-refractivity contribution in [3.8, 4) is 0 Å². The number of hydrogen-bond donors (Lipinski definition) is 2. The molecule has 0 saturated carbocycles. The van der Waals surface area contributed by atoms with Crippen molar-refractivity contribution in [1.82, 2.24) is 4.90 Å². The molecule has 0 unspecified atom stereocenters. The van der Waals surface area contributed by atoms with Gasteiger partial charge in [-0.2, -0.15) is 0 Å². The van der Waals surface area contributed by atoms with Gasteiger partial charge in [0, 0.05) is 6.08 Å². The Balaban J connectivity index is 2.53. The lowest BCUT2D eigenvalue weighted by atomic mass is 10.5. The zero-order chi connectivity index (χ0) is 8.43. The van der Waals surface area contributed by atoms with E-state index in [1.807, 2.05) is 0 Å². The van der Waals surface area contributed by atoms with E-state index in [4.69, 9.17) is 10.8 Å². The number of aliphatic hydroxyl groups is 1. The van der Waals surface area contributed by atoms with Crippen LogP contribution in [0, 0.1) is 0 Å². The summed E-state index contributed by atoms with van der Waals surface area (Å²) < 4.78 is 0. The maximum atomic E-state index is 10.8. The van der Waals surface area contributed by atoms with Crippen molar-refractivity contribution in [2.45, 2.75) is 0 Å². The molecule has 0 bridgehead atoms. The van der Waals surface area contributed by atoms with Crippen LogP contribution in [0.15, 0.2) is 11.8 Å². The first-order valence-corrected chi connectivity index (χ1v) is 3.06. The van der Waals surface area contributed by atoms with Gasteiger partial charge in [0.2, 0.25) is 5.91 Å². The summed E-state index contributed by atoms with van der Waals surface area (Å²) in [5.41, 5.74) is 4.84. The van der Waals surface area contributed by atoms with E-state index in [0.717, 1.165) is 11.0 Å². The largest absolute Gasteiger partial charge is 0.510 e. The van der Waals surface area contributed by atoms with Crippen molar-refractivity contribution in [1.29, 1.82) is 0 Å². The summed E-state index contributed by atoms with van der Waals surface area (Å²) in [6.07, 6.45) is 1.07. The van der Waals surface area contributed by atoms with E-state index in [1.165, 1.54) is 0 Å². The second-order valence-corrected chi connectivity index (χ2v) is 2.30. The predicted octanol–water partition coefficient (Wildman–Crippen LogP) is -1.24. The number of nitrogens with zero attached hydrogens (tertiary/aromatic N) is 1. The summed E-state index contributed by atoms with van der Waals surface area (Å²) >= 11 is 0. The van der Waals surface area contributed by atoms with Crippen LogP contribution in [0.3, 0.4) is 0 Å². The standard InChI is InChI=1S/C6H8N2O3/c7-5(10)3-8-2-4(9)1-6(8)11/h1,9H,2-3H2,(H2,7,10). The van der Waals surface area contributed by atoms with Gasteiger partial charge in [-0.25, -0.2) is 0 Å². The molecule has 3 N–H and O–H groups in total. The van der Waals surface area contributed by atoms with Gasteiger partial charge in [-0.15, -0.1) is 0 Å². The van der Waals surface area contributed by atoms with Gasteiger partial charge in [-0.3, -0.25) is 9.59 Å². The minimum absolute atomic E-state index is 0.0312. The quantitative estimate of drug-likeness (QED) is 0.524. The molecule has 1 rings (SSSR count). The SMILES string of the molecule is NC(=O)CN1CC(O)=CC1=O. The van der Waals surface area contributed by atoms with Crippen LogP contribution in [0.4, 0.5) is 0 Å². The minimum Gasteiger partial charge on any atom is -0.510 e. The predicted molar refractivity (Wildman–Crippen MR) is 36.5 cm³/mol. The molecule has 60 valence electrons. The van der Waals surface area contributed by atoms with Gasteiger partial charge < -0.3 is 15.7 Å². The Kier molecular flexibility index (Phi) is 1.80. The Morgan fingerprint density at radius 3 is 2.82 bits per heavy atom. The van der Waals surface area contributed by atoms with Crippen molar-refractivity contribution >= 4 is 11.8 Å². The molecule has 1 aliphatic rings. The van der Waals surface area contributed by atoms with E-state index >= 15 is 0 Å². The fourth-order valence-corrected chi connectivity index (χ4v) is 0.875. The molecule has 2 amide bonds. The minimum atomic E-state index is -0.582. The number of nitrogens with two attached hydrogens (primary N) is 1. The molecule has 11 heavy (non-hydrogen) atoms. The summed E-state index contributed by atoms with van der Waals surface area (Å²) in [5.74, 6) is -0.987. The second-order valence-electron chi connectivity index (χ2n) is 2.30. The number of carbonyl (C=O) groups excluding carboxylic acids is 2. The van der Waals surface area contributed by atoms with Crippen LogP contribution in [0.5, 0.6) is 0 Å². The van der Waals surface area contributed by atoms with Crippen molar-refractivity contribution in [2.75, 3.05) is 13.1 Å². The fraction of sp³-hybridized carbons (Fsp3) is 0.333. The Morgan fingerprint density at radius 2 is 2.45 bits per heavy atom. The average molecular weight is 156 g/mol. The normalized spacial score (nSPS) is 16.9. The molecule has 1 heterocycles. The van der Waals surface area contributed by atoms with Gasteiger partial charge in [0.25, 0.3) is 5.91 Å². The average Bonchev–Trinajstić information content (AvgIpc) is 2.09. The monoisotopic (exact) mass is 156 g/mol.